The third-order valence-electron chi connectivity index (χ3n) is 4.53. The summed E-state index contributed by atoms with van der Waals surface area (Å²) < 4.78 is 15.7. The van der Waals surface area contributed by atoms with Crippen LogP contribution in [0.25, 0.3) is 11.3 Å². The van der Waals surface area contributed by atoms with Crippen molar-refractivity contribution in [1.82, 2.24) is 15.4 Å². The summed E-state index contributed by atoms with van der Waals surface area (Å²) in [5.74, 6) is 0.367. The zero-order chi connectivity index (χ0) is 19.2. The monoisotopic (exact) mass is 375 g/mol. The van der Waals surface area contributed by atoms with Gasteiger partial charge in [0.05, 0.1) is 32.0 Å². The first kappa shape index (κ1) is 19.3. The van der Waals surface area contributed by atoms with Crippen LogP contribution >= 0.6 is 0 Å². The maximum absolute atomic E-state index is 12.5. The third-order valence-corrected chi connectivity index (χ3v) is 4.53. The molecule has 1 fully saturated rings. The van der Waals surface area contributed by atoms with Gasteiger partial charge in [-0.25, -0.2) is 0 Å². The summed E-state index contributed by atoms with van der Waals surface area (Å²) in [6.45, 7) is 5.96. The first-order chi connectivity index (χ1) is 13.1. The van der Waals surface area contributed by atoms with Gasteiger partial charge >= 0.3 is 0 Å². The molecule has 1 saturated heterocycles. The number of aliphatic hydroxyl groups excluding tert-OH is 1. The number of morpholine rings is 1. The van der Waals surface area contributed by atoms with Crippen LogP contribution in [-0.4, -0.2) is 67.6 Å². The van der Waals surface area contributed by atoms with Crippen LogP contribution in [0.4, 0.5) is 0 Å². The van der Waals surface area contributed by atoms with Gasteiger partial charge in [-0.05, 0) is 31.2 Å². The minimum absolute atomic E-state index is 0.0396. The van der Waals surface area contributed by atoms with Crippen molar-refractivity contribution in [2.75, 3.05) is 46.5 Å². The molecule has 1 aromatic heterocycles. The van der Waals surface area contributed by atoms with Gasteiger partial charge in [-0.3, -0.25) is 9.69 Å². The number of aromatic nitrogens is 1. The molecule has 1 aromatic carbocycles. The highest BCUT2D eigenvalue weighted by Gasteiger charge is 2.26. The number of amides is 1. The minimum atomic E-state index is -0.895. The molecule has 146 valence electrons. The van der Waals surface area contributed by atoms with E-state index in [4.69, 9.17) is 14.0 Å². The summed E-state index contributed by atoms with van der Waals surface area (Å²) in [4.78, 5) is 14.8. The van der Waals surface area contributed by atoms with Crippen molar-refractivity contribution in [2.45, 2.75) is 13.0 Å². The molecule has 0 saturated carbocycles. The number of hydrogen-bond donors (Lipinski definition) is 2. The van der Waals surface area contributed by atoms with E-state index in [9.17, 15) is 9.90 Å². The lowest BCUT2D eigenvalue weighted by Gasteiger charge is -2.26. The Bertz CT molecular complexity index is 751. The van der Waals surface area contributed by atoms with Crippen LogP contribution in [0.3, 0.4) is 0 Å². The lowest BCUT2D eigenvalue weighted by molar-refractivity contribution is 0.0382. The summed E-state index contributed by atoms with van der Waals surface area (Å²) in [5.41, 5.74) is 1.57. The summed E-state index contributed by atoms with van der Waals surface area (Å²) in [6.07, 6.45) is -0.895. The van der Waals surface area contributed by atoms with Crippen LogP contribution in [0.15, 0.2) is 28.8 Å². The van der Waals surface area contributed by atoms with Crippen LogP contribution in [0.1, 0.15) is 29.1 Å². The first-order valence-electron chi connectivity index (χ1n) is 9.00. The van der Waals surface area contributed by atoms with E-state index < -0.39 is 6.10 Å². The molecule has 1 amide bonds. The lowest BCUT2D eigenvalue weighted by atomic mass is 10.0. The van der Waals surface area contributed by atoms with Gasteiger partial charge < -0.3 is 24.4 Å². The number of hydrogen-bond acceptors (Lipinski definition) is 7. The Kier molecular flexibility index (Phi) is 6.44. The molecule has 1 aliphatic rings. The fourth-order valence-electron chi connectivity index (χ4n) is 3.04. The molecule has 8 nitrogen and oxygen atoms in total. The number of methoxy groups -OCH3 is 1. The van der Waals surface area contributed by atoms with Crippen LogP contribution in [0.5, 0.6) is 5.75 Å². The van der Waals surface area contributed by atoms with E-state index in [0.717, 1.165) is 25.2 Å². The standard InChI is InChI=1S/C19H25N3O5/c1-13(23)16-17(14-3-5-15(25-2)6-4-14)21-27-18(16)19(24)20-7-8-22-9-11-26-12-10-22/h3-6,13,23H,7-12H2,1-2H3,(H,20,24). The second-order valence-corrected chi connectivity index (χ2v) is 6.39. The van der Waals surface area contributed by atoms with Gasteiger partial charge in [0, 0.05) is 31.7 Å². The topological polar surface area (TPSA) is 97.1 Å². The molecular formula is C19H25N3O5. The van der Waals surface area contributed by atoms with Gasteiger partial charge in [-0.2, -0.15) is 0 Å². The number of ether oxygens (including phenoxy) is 2. The lowest BCUT2D eigenvalue weighted by Crippen LogP contribution is -2.41. The van der Waals surface area contributed by atoms with Gasteiger partial charge in [-0.1, -0.05) is 5.16 Å². The number of nitrogens with one attached hydrogen (secondary N) is 1. The van der Waals surface area contributed by atoms with Crippen molar-refractivity contribution < 1.29 is 23.9 Å². The maximum Gasteiger partial charge on any atom is 0.290 e. The number of aliphatic hydroxyl groups is 1. The summed E-state index contributed by atoms with van der Waals surface area (Å²) in [5, 5.41) is 17.0. The molecule has 1 atom stereocenters. The molecule has 2 N–H and O–H groups in total. The molecule has 1 unspecified atom stereocenters. The van der Waals surface area contributed by atoms with Gasteiger partial charge in [0.1, 0.15) is 11.4 Å². The second-order valence-electron chi connectivity index (χ2n) is 6.39. The van der Waals surface area contributed by atoms with Crippen molar-refractivity contribution in [3.05, 3.63) is 35.6 Å². The largest absolute Gasteiger partial charge is 0.497 e. The van der Waals surface area contributed by atoms with E-state index in [0.29, 0.717) is 36.8 Å². The Balaban J connectivity index is 1.70. The molecular weight excluding hydrogens is 350 g/mol. The Morgan fingerprint density at radius 3 is 2.67 bits per heavy atom. The summed E-state index contributed by atoms with van der Waals surface area (Å²) in [7, 11) is 1.59. The van der Waals surface area contributed by atoms with Crippen LogP contribution < -0.4 is 10.1 Å². The Morgan fingerprint density at radius 2 is 2.04 bits per heavy atom. The van der Waals surface area contributed by atoms with E-state index in [2.05, 4.69) is 15.4 Å². The highest BCUT2D eigenvalue weighted by Crippen LogP contribution is 2.31. The van der Waals surface area contributed by atoms with Crippen molar-refractivity contribution in [3.63, 3.8) is 0 Å². The summed E-state index contributed by atoms with van der Waals surface area (Å²) >= 11 is 0. The van der Waals surface area contributed by atoms with Crippen LogP contribution in [0.2, 0.25) is 0 Å². The average molecular weight is 375 g/mol. The predicted octanol–water partition coefficient (Wildman–Crippen LogP) is 1.47. The summed E-state index contributed by atoms with van der Waals surface area (Å²) in [6, 6.07) is 7.20. The number of benzene rings is 1. The molecule has 0 bridgehead atoms. The molecule has 0 aliphatic carbocycles. The minimum Gasteiger partial charge on any atom is -0.497 e. The number of carbonyl (C=O) groups excluding carboxylic acids is 1. The zero-order valence-electron chi connectivity index (χ0n) is 15.6. The predicted molar refractivity (Wildman–Crippen MR) is 98.7 cm³/mol. The molecule has 27 heavy (non-hydrogen) atoms. The van der Waals surface area contributed by atoms with Gasteiger partial charge in [0.15, 0.2) is 0 Å². The fourth-order valence-corrected chi connectivity index (χ4v) is 3.04. The Labute approximate surface area is 158 Å². The molecule has 8 heteroatoms. The van der Waals surface area contributed by atoms with E-state index in [1.165, 1.54) is 0 Å². The smallest absolute Gasteiger partial charge is 0.290 e. The second kappa shape index (κ2) is 8.98. The molecule has 1 aliphatic heterocycles. The van der Waals surface area contributed by atoms with Crippen molar-refractivity contribution in [1.29, 1.82) is 0 Å². The van der Waals surface area contributed by atoms with Crippen molar-refractivity contribution in [3.8, 4) is 17.0 Å². The first-order valence-corrected chi connectivity index (χ1v) is 9.00. The fraction of sp³-hybridized carbons (Fsp3) is 0.474. The SMILES string of the molecule is COc1ccc(-c2noc(C(=O)NCCN3CCOCC3)c2C(C)O)cc1. The highest BCUT2D eigenvalue weighted by atomic mass is 16.5. The number of nitrogens with zero attached hydrogens (tertiary/aromatic N) is 2. The average Bonchev–Trinajstić information content (AvgIpc) is 3.14. The quantitative estimate of drug-likeness (QED) is 0.756. The third kappa shape index (κ3) is 4.65. The number of carbonyl (C=O) groups is 1. The zero-order valence-corrected chi connectivity index (χ0v) is 15.6. The molecule has 2 aromatic rings. The van der Waals surface area contributed by atoms with E-state index in [-0.39, 0.29) is 11.7 Å². The van der Waals surface area contributed by atoms with Crippen LogP contribution in [0, 0.1) is 0 Å². The Hall–Kier alpha value is -2.42. The highest BCUT2D eigenvalue weighted by molar-refractivity contribution is 5.94. The van der Waals surface area contributed by atoms with Crippen molar-refractivity contribution >= 4 is 5.91 Å². The van der Waals surface area contributed by atoms with Gasteiger partial charge in [0.2, 0.25) is 5.76 Å². The van der Waals surface area contributed by atoms with Crippen molar-refractivity contribution in [2.24, 2.45) is 0 Å². The molecule has 0 spiro atoms. The van der Waals surface area contributed by atoms with Gasteiger partial charge in [-0.15, -0.1) is 0 Å². The van der Waals surface area contributed by atoms with Gasteiger partial charge in [0.25, 0.3) is 5.91 Å². The van der Waals surface area contributed by atoms with Crippen LogP contribution in [-0.2, 0) is 4.74 Å². The molecule has 2 heterocycles. The molecule has 3 rings (SSSR count). The van der Waals surface area contributed by atoms with E-state index >= 15 is 0 Å². The maximum atomic E-state index is 12.5. The molecule has 0 radical (unpaired) electrons. The van der Waals surface area contributed by atoms with E-state index in [1.807, 2.05) is 12.1 Å². The Morgan fingerprint density at radius 1 is 1.33 bits per heavy atom. The normalized spacial score (nSPS) is 16.1. The number of rotatable bonds is 7. The van der Waals surface area contributed by atoms with E-state index in [1.54, 1.807) is 26.2 Å².